The van der Waals surface area contributed by atoms with Gasteiger partial charge in [-0.15, -0.1) is 0 Å². The molecule has 5 heteroatoms. The lowest BCUT2D eigenvalue weighted by Gasteiger charge is -2.45. The summed E-state index contributed by atoms with van der Waals surface area (Å²) < 4.78 is 1.74. The molecule has 3 aliphatic carbocycles. The highest BCUT2D eigenvalue weighted by Crippen LogP contribution is 2.55. The maximum Gasteiger partial charge on any atom is 0.256 e. The van der Waals surface area contributed by atoms with Crippen molar-refractivity contribution in [3.63, 3.8) is 0 Å². The molecule has 3 aliphatic rings. The van der Waals surface area contributed by atoms with E-state index in [4.69, 9.17) is 11.6 Å². The monoisotopic (exact) mass is 433 g/mol. The summed E-state index contributed by atoms with van der Waals surface area (Å²) >= 11 is 6.53. The quantitative estimate of drug-likeness (QED) is 0.575. The van der Waals surface area contributed by atoms with Crippen LogP contribution in [-0.4, -0.2) is 22.2 Å². The average molecular weight is 434 g/mol. The highest BCUT2D eigenvalue weighted by molar-refractivity contribution is 6.33. The van der Waals surface area contributed by atoms with Crippen molar-refractivity contribution < 1.29 is 4.79 Å². The van der Waals surface area contributed by atoms with Crippen molar-refractivity contribution in [2.24, 2.45) is 11.8 Å². The van der Waals surface area contributed by atoms with Gasteiger partial charge in [0.05, 0.1) is 11.3 Å². The van der Waals surface area contributed by atoms with E-state index in [0.717, 1.165) is 6.42 Å². The smallest absolute Gasteiger partial charge is 0.256 e. The maximum atomic E-state index is 13.1. The van der Waals surface area contributed by atoms with Crippen LogP contribution in [0.15, 0.2) is 48.5 Å². The Kier molecular flexibility index (Phi) is 5.13. The summed E-state index contributed by atoms with van der Waals surface area (Å²) in [5, 5.41) is 8.11. The van der Waals surface area contributed by atoms with Crippen LogP contribution in [0.4, 0.5) is 0 Å². The number of amides is 1. The van der Waals surface area contributed by atoms with Crippen molar-refractivity contribution in [3.05, 3.63) is 87.2 Å². The molecular formula is C26H28ClN3O. The molecule has 0 aliphatic heterocycles. The van der Waals surface area contributed by atoms with E-state index >= 15 is 0 Å². The molecule has 2 bridgehead atoms. The number of fused-ring (bicyclic) bond motifs is 1. The molecule has 1 unspecified atom stereocenters. The predicted molar refractivity (Wildman–Crippen MR) is 124 cm³/mol. The van der Waals surface area contributed by atoms with E-state index in [9.17, 15) is 4.79 Å². The number of nitrogens with zero attached hydrogens (tertiary/aromatic N) is 2. The topological polar surface area (TPSA) is 46.9 Å². The minimum absolute atomic E-state index is 0.125. The fourth-order valence-corrected chi connectivity index (χ4v) is 5.88. The van der Waals surface area contributed by atoms with Crippen LogP contribution in [0.2, 0.25) is 5.15 Å². The number of aromatic nitrogens is 2. The first-order valence-electron chi connectivity index (χ1n) is 11.1. The number of hydrogen-bond acceptors (Lipinski definition) is 2. The standard InChI is InChI=1S/C26H28ClN3O/c1-15(2)14-30-25(27)23(16(3)29-30)26(31)28-13-17-12-22-18-8-4-6-10-20(18)24(17)21-11-7-5-9-19(21)22/h4-11,15,17,22,24H,12-14H2,1-3H3,(H,28,31). The fourth-order valence-electron chi connectivity index (χ4n) is 5.55. The highest BCUT2D eigenvalue weighted by Gasteiger charge is 2.43. The summed E-state index contributed by atoms with van der Waals surface area (Å²) in [5.41, 5.74) is 6.91. The van der Waals surface area contributed by atoms with Crippen LogP contribution in [0.3, 0.4) is 0 Å². The zero-order chi connectivity index (χ0) is 21.7. The van der Waals surface area contributed by atoms with E-state index in [1.807, 2.05) is 6.92 Å². The van der Waals surface area contributed by atoms with Gasteiger partial charge in [0, 0.05) is 24.9 Å². The molecular weight excluding hydrogens is 406 g/mol. The van der Waals surface area contributed by atoms with E-state index in [-0.39, 0.29) is 5.91 Å². The molecule has 160 valence electrons. The van der Waals surface area contributed by atoms with Gasteiger partial charge in [0.25, 0.3) is 5.91 Å². The molecule has 1 amide bonds. The summed E-state index contributed by atoms with van der Waals surface area (Å²) in [6.45, 7) is 7.41. The lowest BCUT2D eigenvalue weighted by Crippen LogP contribution is -2.39. The van der Waals surface area contributed by atoms with E-state index in [0.29, 0.717) is 53.2 Å². The van der Waals surface area contributed by atoms with Crippen LogP contribution in [0.5, 0.6) is 0 Å². The third-order valence-electron chi connectivity index (χ3n) is 6.78. The minimum atomic E-state index is -0.125. The van der Waals surface area contributed by atoms with Gasteiger partial charge in [0.1, 0.15) is 5.15 Å². The van der Waals surface area contributed by atoms with Crippen molar-refractivity contribution in [2.75, 3.05) is 6.54 Å². The van der Waals surface area contributed by atoms with Crippen LogP contribution in [-0.2, 0) is 6.54 Å². The number of rotatable bonds is 5. The molecule has 1 aromatic heterocycles. The van der Waals surface area contributed by atoms with Gasteiger partial charge >= 0.3 is 0 Å². The van der Waals surface area contributed by atoms with Crippen LogP contribution in [0, 0.1) is 18.8 Å². The number of benzene rings is 2. The first kappa shape index (κ1) is 20.3. The van der Waals surface area contributed by atoms with Crippen LogP contribution in [0.25, 0.3) is 0 Å². The molecule has 31 heavy (non-hydrogen) atoms. The Balaban J connectivity index is 1.39. The van der Waals surface area contributed by atoms with Crippen molar-refractivity contribution in [1.29, 1.82) is 0 Å². The molecule has 1 heterocycles. The van der Waals surface area contributed by atoms with E-state index in [2.05, 4.69) is 72.8 Å². The third kappa shape index (κ3) is 3.38. The van der Waals surface area contributed by atoms with Gasteiger partial charge in [-0.25, -0.2) is 0 Å². The SMILES string of the molecule is Cc1nn(CC(C)C)c(Cl)c1C(=O)NCC1CC2c3ccccc3C1c1ccccc12. The number of carbonyl (C=O) groups is 1. The zero-order valence-electron chi connectivity index (χ0n) is 18.2. The fraction of sp³-hybridized carbons (Fsp3) is 0.385. The molecule has 0 spiro atoms. The summed E-state index contributed by atoms with van der Waals surface area (Å²) in [7, 11) is 0. The van der Waals surface area contributed by atoms with Gasteiger partial charge < -0.3 is 5.32 Å². The summed E-state index contributed by atoms with van der Waals surface area (Å²) in [6, 6.07) is 17.6. The Morgan fingerprint density at radius 1 is 1.10 bits per heavy atom. The Morgan fingerprint density at radius 3 is 2.26 bits per heavy atom. The van der Waals surface area contributed by atoms with Crippen LogP contribution >= 0.6 is 11.6 Å². The maximum absolute atomic E-state index is 13.1. The van der Waals surface area contributed by atoms with E-state index in [1.54, 1.807) is 4.68 Å². The Hall–Kier alpha value is -2.59. The van der Waals surface area contributed by atoms with Gasteiger partial charge in [0.15, 0.2) is 0 Å². The van der Waals surface area contributed by atoms with Gasteiger partial charge in [-0.3, -0.25) is 9.48 Å². The van der Waals surface area contributed by atoms with Gasteiger partial charge in [-0.2, -0.15) is 5.10 Å². The second-order valence-corrected chi connectivity index (χ2v) is 9.68. The lowest BCUT2D eigenvalue weighted by atomic mass is 9.59. The number of halogens is 1. The molecule has 0 saturated carbocycles. The second-order valence-electron chi connectivity index (χ2n) is 9.32. The largest absolute Gasteiger partial charge is 0.352 e. The molecule has 0 saturated heterocycles. The van der Waals surface area contributed by atoms with Crippen molar-refractivity contribution in [3.8, 4) is 0 Å². The molecule has 0 radical (unpaired) electrons. The molecule has 4 nitrogen and oxygen atoms in total. The number of nitrogens with one attached hydrogen (secondary N) is 1. The number of aryl methyl sites for hydroxylation is 1. The van der Waals surface area contributed by atoms with Crippen LogP contribution < -0.4 is 5.32 Å². The predicted octanol–water partition coefficient (Wildman–Crippen LogP) is 5.53. The van der Waals surface area contributed by atoms with Gasteiger partial charge in [-0.05, 0) is 47.4 Å². The Labute approximate surface area is 188 Å². The normalized spacial score (nSPS) is 21.1. The first-order chi connectivity index (χ1) is 15.0. The van der Waals surface area contributed by atoms with E-state index < -0.39 is 0 Å². The highest BCUT2D eigenvalue weighted by atomic mass is 35.5. The number of hydrogen-bond donors (Lipinski definition) is 1. The van der Waals surface area contributed by atoms with Gasteiger partial charge in [-0.1, -0.05) is 74.0 Å². The minimum Gasteiger partial charge on any atom is -0.352 e. The van der Waals surface area contributed by atoms with Crippen molar-refractivity contribution in [1.82, 2.24) is 15.1 Å². The molecule has 2 aromatic carbocycles. The zero-order valence-corrected chi connectivity index (χ0v) is 19.0. The molecule has 1 atom stereocenters. The van der Waals surface area contributed by atoms with Crippen molar-refractivity contribution in [2.45, 2.75) is 45.6 Å². The molecule has 6 rings (SSSR count). The van der Waals surface area contributed by atoms with E-state index in [1.165, 1.54) is 22.3 Å². The first-order valence-corrected chi connectivity index (χ1v) is 11.5. The summed E-state index contributed by atoms with van der Waals surface area (Å²) in [6.07, 6.45) is 1.05. The second kappa shape index (κ2) is 7.83. The average Bonchev–Trinajstić information content (AvgIpc) is 3.04. The lowest BCUT2D eigenvalue weighted by molar-refractivity contribution is 0.0942. The van der Waals surface area contributed by atoms with Crippen LogP contribution in [0.1, 0.15) is 70.4 Å². The third-order valence-corrected chi connectivity index (χ3v) is 7.16. The Bertz CT molecular complexity index is 1100. The Morgan fingerprint density at radius 2 is 1.68 bits per heavy atom. The summed E-state index contributed by atoms with van der Waals surface area (Å²) in [4.78, 5) is 13.1. The van der Waals surface area contributed by atoms with Crippen molar-refractivity contribution >= 4 is 17.5 Å². The van der Waals surface area contributed by atoms with Gasteiger partial charge in [0.2, 0.25) is 0 Å². The molecule has 1 N–H and O–H groups in total. The molecule has 0 fully saturated rings. The summed E-state index contributed by atoms with van der Waals surface area (Å²) in [5.74, 6) is 1.37. The molecule has 3 aromatic rings. The number of carbonyl (C=O) groups excluding carboxylic acids is 1.